The van der Waals surface area contributed by atoms with Gasteiger partial charge in [0.25, 0.3) is 15.9 Å². The lowest BCUT2D eigenvalue weighted by Crippen LogP contribution is -2.15. The number of hydrogen-bond donors (Lipinski definition) is 2. The van der Waals surface area contributed by atoms with E-state index in [0.29, 0.717) is 21.4 Å². The number of thioether (sulfide) groups is 1. The van der Waals surface area contributed by atoms with Crippen molar-refractivity contribution in [2.45, 2.75) is 9.92 Å². The summed E-state index contributed by atoms with van der Waals surface area (Å²) in [7, 11) is -3.72. The zero-order chi connectivity index (χ0) is 18.6. The van der Waals surface area contributed by atoms with E-state index >= 15 is 0 Å². The lowest BCUT2D eigenvalue weighted by Gasteiger charge is -2.09. The van der Waals surface area contributed by atoms with Gasteiger partial charge in [-0.2, -0.15) is 0 Å². The van der Waals surface area contributed by atoms with Crippen LogP contribution >= 0.6 is 23.1 Å². The zero-order valence-corrected chi connectivity index (χ0v) is 16.0. The molecule has 0 aliphatic heterocycles. The molecular weight excluding hydrogens is 392 g/mol. The SMILES string of the molecule is CSc1ncccc1C(=O)Nc1ccc(S(=O)(=O)Nc2nccs2)cc1. The van der Waals surface area contributed by atoms with Crippen LogP contribution in [0, 0.1) is 0 Å². The lowest BCUT2D eigenvalue weighted by atomic mass is 10.2. The van der Waals surface area contributed by atoms with E-state index < -0.39 is 10.0 Å². The predicted molar refractivity (Wildman–Crippen MR) is 103 cm³/mol. The van der Waals surface area contributed by atoms with Gasteiger partial charge in [-0.25, -0.2) is 18.4 Å². The van der Waals surface area contributed by atoms with E-state index in [-0.39, 0.29) is 10.8 Å². The third kappa shape index (κ3) is 4.21. The fourth-order valence-corrected chi connectivity index (χ4v) is 4.43. The Hall–Kier alpha value is -2.43. The third-order valence-corrected chi connectivity index (χ3v) is 6.17. The first-order valence-electron chi connectivity index (χ1n) is 7.32. The fourth-order valence-electron chi connectivity index (χ4n) is 2.09. The molecule has 0 aliphatic carbocycles. The van der Waals surface area contributed by atoms with Crippen molar-refractivity contribution in [3.05, 3.63) is 59.7 Å². The maximum absolute atomic E-state index is 12.4. The highest BCUT2D eigenvalue weighted by atomic mass is 32.2. The molecule has 7 nitrogen and oxygen atoms in total. The first-order chi connectivity index (χ1) is 12.5. The first kappa shape index (κ1) is 18.4. The molecule has 1 amide bonds. The van der Waals surface area contributed by atoms with Gasteiger partial charge in [-0.15, -0.1) is 23.1 Å². The summed E-state index contributed by atoms with van der Waals surface area (Å²) in [5.74, 6) is -0.307. The molecule has 0 bridgehead atoms. The standard InChI is InChI=1S/C16H14N4O3S3/c1-24-15-13(3-2-8-17-15)14(21)19-11-4-6-12(7-5-11)26(22,23)20-16-18-9-10-25-16/h2-10H,1H3,(H,18,20)(H,19,21). The van der Waals surface area contributed by atoms with E-state index in [1.54, 1.807) is 23.7 Å². The van der Waals surface area contributed by atoms with Gasteiger partial charge in [-0.1, -0.05) is 0 Å². The van der Waals surface area contributed by atoms with Gasteiger partial charge in [0.15, 0.2) is 5.13 Å². The minimum absolute atomic E-state index is 0.0804. The first-order valence-corrected chi connectivity index (χ1v) is 10.9. The number of sulfonamides is 1. The number of rotatable bonds is 6. The molecule has 0 spiro atoms. The molecule has 0 saturated heterocycles. The highest BCUT2D eigenvalue weighted by Gasteiger charge is 2.16. The predicted octanol–water partition coefficient (Wildman–Crippen LogP) is 3.31. The molecule has 0 atom stereocenters. The van der Waals surface area contributed by atoms with Crippen LogP contribution in [-0.2, 0) is 10.0 Å². The van der Waals surface area contributed by atoms with Crippen LogP contribution in [0.3, 0.4) is 0 Å². The second-order valence-corrected chi connectivity index (χ2v) is 8.35. The Balaban J connectivity index is 1.74. The Morgan fingerprint density at radius 3 is 2.54 bits per heavy atom. The molecule has 2 aromatic heterocycles. The van der Waals surface area contributed by atoms with Crippen molar-refractivity contribution >= 4 is 49.8 Å². The van der Waals surface area contributed by atoms with Gasteiger partial charge in [-0.05, 0) is 42.7 Å². The van der Waals surface area contributed by atoms with Crippen LogP contribution in [0.15, 0.2) is 64.1 Å². The van der Waals surface area contributed by atoms with Crippen molar-refractivity contribution in [1.82, 2.24) is 9.97 Å². The summed E-state index contributed by atoms with van der Waals surface area (Å²) in [4.78, 5) is 20.5. The van der Waals surface area contributed by atoms with Gasteiger partial charge in [0, 0.05) is 23.5 Å². The van der Waals surface area contributed by atoms with E-state index in [1.165, 1.54) is 53.6 Å². The minimum atomic E-state index is -3.72. The zero-order valence-electron chi connectivity index (χ0n) is 13.5. The second-order valence-electron chi connectivity index (χ2n) is 4.98. The Morgan fingerprint density at radius 1 is 1.12 bits per heavy atom. The molecule has 2 N–H and O–H groups in total. The molecule has 26 heavy (non-hydrogen) atoms. The Labute approximate surface area is 159 Å². The topological polar surface area (TPSA) is 101 Å². The Morgan fingerprint density at radius 2 is 1.88 bits per heavy atom. The molecule has 0 unspecified atom stereocenters. The van der Waals surface area contributed by atoms with Crippen LogP contribution in [0.5, 0.6) is 0 Å². The summed E-state index contributed by atoms with van der Waals surface area (Å²) < 4.78 is 27.0. The van der Waals surface area contributed by atoms with E-state index in [1.807, 2.05) is 6.26 Å². The molecule has 134 valence electrons. The van der Waals surface area contributed by atoms with Crippen molar-refractivity contribution in [3.63, 3.8) is 0 Å². The van der Waals surface area contributed by atoms with Gasteiger partial charge in [0.2, 0.25) is 0 Å². The summed E-state index contributed by atoms with van der Waals surface area (Å²) in [6.45, 7) is 0. The van der Waals surface area contributed by atoms with Crippen molar-refractivity contribution in [3.8, 4) is 0 Å². The number of nitrogens with zero attached hydrogens (tertiary/aromatic N) is 2. The average molecular weight is 407 g/mol. The van der Waals surface area contributed by atoms with Crippen LogP contribution in [0.25, 0.3) is 0 Å². The van der Waals surface area contributed by atoms with E-state index in [0.717, 1.165) is 0 Å². The number of pyridine rings is 1. The van der Waals surface area contributed by atoms with Gasteiger partial charge < -0.3 is 5.32 Å². The number of benzene rings is 1. The number of amides is 1. The quantitative estimate of drug-likeness (QED) is 0.609. The average Bonchev–Trinajstić information content (AvgIpc) is 3.14. The van der Waals surface area contributed by atoms with Crippen molar-refractivity contribution in [1.29, 1.82) is 0 Å². The molecule has 2 heterocycles. The monoisotopic (exact) mass is 406 g/mol. The Bertz CT molecular complexity index is 1000. The molecule has 0 aliphatic rings. The summed E-state index contributed by atoms with van der Waals surface area (Å²) >= 11 is 2.57. The number of carbonyl (C=O) groups is 1. The molecule has 0 fully saturated rings. The van der Waals surface area contributed by atoms with Crippen LogP contribution in [-0.4, -0.2) is 30.5 Å². The normalized spacial score (nSPS) is 11.1. The summed E-state index contributed by atoms with van der Waals surface area (Å²) in [6, 6.07) is 9.28. The van der Waals surface area contributed by atoms with Gasteiger partial charge >= 0.3 is 0 Å². The molecule has 3 aromatic rings. The molecule has 1 aromatic carbocycles. The van der Waals surface area contributed by atoms with Crippen LogP contribution in [0.2, 0.25) is 0 Å². The number of thiazole rings is 1. The van der Waals surface area contributed by atoms with Crippen molar-refractivity contribution in [2.24, 2.45) is 0 Å². The number of nitrogens with one attached hydrogen (secondary N) is 2. The number of hydrogen-bond acceptors (Lipinski definition) is 7. The van der Waals surface area contributed by atoms with Crippen molar-refractivity contribution in [2.75, 3.05) is 16.3 Å². The van der Waals surface area contributed by atoms with Gasteiger partial charge in [-0.3, -0.25) is 9.52 Å². The third-order valence-electron chi connectivity index (χ3n) is 3.29. The highest BCUT2D eigenvalue weighted by Crippen LogP contribution is 2.21. The maximum Gasteiger partial charge on any atom is 0.263 e. The lowest BCUT2D eigenvalue weighted by molar-refractivity contribution is 0.102. The molecular formula is C16H14N4O3S3. The van der Waals surface area contributed by atoms with Crippen LogP contribution < -0.4 is 10.0 Å². The summed E-state index contributed by atoms with van der Waals surface area (Å²) in [6.07, 6.45) is 4.98. The van der Waals surface area contributed by atoms with E-state index in [2.05, 4.69) is 20.0 Å². The summed E-state index contributed by atoms with van der Waals surface area (Å²) in [5, 5.41) is 5.33. The van der Waals surface area contributed by atoms with Gasteiger partial charge in [0.1, 0.15) is 5.03 Å². The number of aromatic nitrogens is 2. The summed E-state index contributed by atoms with van der Waals surface area (Å²) in [5.41, 5.74) is 0.946. The Kier molecular flexibility index (Phi) is 5.55. The van der Waals surface area contributed by atoms with Crippen LogP contribution in [0.4, 0.5) is 10.8 Å². The van der Waals surface area contributed by atoms with Gasteiger partial charge in [0.05, 0.1) is 10.5 Å². The fraction of sp³-hybridized carbons (Fsp3) is 0.0625. The van der Waals surface area contributed by atoms with E-state index in [9.17, 15) is 13.2 Å². The van der Waals surface area contributed by atoms with Crippen molar-refractivity contribution < 1.29 is 13.2 Å². The number of anilines is 2. The largest absolute Gasteiger partial charge is 0.322 e. The maximum atomic E-state index is 12.4. The number of carbonyl (C=O) groups excluding carboxylic acids is 1. The smallest absolute Gasteiger partial charge is 0.263 e. The highest BCUT2D eigenvalue weighted by molar-refractivity contribution is 7.98. The molecule has 0 saturated carbocycles. The molecule has 0 radical (unpaired) electrons. The second kappa shape index (κ2) is 7.85. The molecule has 3 rings (SSSR count). The van der Waals surface area contributed by atoms with Crippen LogP contribution in [0.1, 0.15) is 10.4 Å². The van der Waals surface area contributed by atoms with E-state index in [4.69, 9.17) is 0 Å². The molecule has 10 heteroatoms. The minimum Gasteiger partial charge on any atom is -0.322 e.